The van der Waals surface area contributed by atoms with E-state index in [1.54, 1.807) is 14.2 Å². The van der Waals surface area contributed by atoms with Gasteiger partial charge in [-0.3, -0.25) is 4.79 Å². The zero-order valence-electron chi connectivity index (χ0n) is 21.4. The second-order valence-electron chi connectivity index (χ2n) is 9.20. The van der Waals surface area contributed by atoms with E-state index in [4.69, 9.17) is 18.9 Å². The lowest BCUT2D eigenvalue weighted by Crippen LogP contribution is -2.36. The number of esters is 1. The number of rotatable bonds is 9. The Balaban J connectivity index is 1.63. The second-order valence-corrected chi connectivity index (χ2v) is 10.2. The van der Waals surface area contributed by atoms with Crippen LogP contribution in [0.5, 0.6) is 11.5 Å². The number of Topliss-reactive ketones (excluding diaryl/α,β-unsaturated/α-hetero) is 1. The lowest BCUT2D eigenvalue weighted by molar-refractivity contribution is -0.141. The number of nitrogens with one attached hydrogen (secondary N) is 1. The van der Waals surface area contributed by atoms with Crippen LogP contribution in [0, 0.1) is 0 Å². The van der Waals surface area contributed by atoms with E-state index in [0.717, 1.165) is 16.1 Å². The molecule has 36 heavy (non-hydrogen) atoms. The molecule has 8 heteroatoms. The molecule has 0 spiro atoms. The molecule has 0 amide bonds. The molecular formula is C28H33NO6S. The van der Waals surface area contributed by atoms with Crippen molar-refractivity contribution in [3.8, 4) is 11.5 Å². The van der Waals surface area contributed by atoms with Gasteiger partial charge in [-0.05, 0) is 62.3 Å². The van der Waals surface area contributed by atoms with E-state index in [2.05, 4.69) is 5.32 Å². The monoisotopic (exact) mass is 511 g/mol. The Labute approximate surface area is 216 Å². The van der Waals surface area contributed by atoms with Crippen molar-refractivity contribution in [2.45, 2.75) is 51.6 Å². The molecular weight excluding hydrogens is 478 g/mol. The van der Waals surface area contributed by atoms with Crippen molar-refractivity contribution < 1.29 is 28.5 Å². The quantitative estimate of drug-likeness (QED) is 0.371. The van der Waals surface area contributed by atoms with Crippen LogP contribution in [0.25, 0.3) is 0 Å². The SMILES string of the molecule is COc1ccc([C@@H]2CC(=O)C3=C(C2)NC(C)=C(C(=O)OCCOC(C)C)[C@H]3c2cccs2)cc1OC. The number of benzene rings is 1. The van der Waals surface area contributed by atoms with Crippen LogP contribution in [0.3, 0.4) is 0 Å². The molecule has 0 bridgehead atoms. The maximum absolute atomic E-state index is 13.7. The van der Waals surface area contributed by atoms with Crippen LogP contribution in [-0.4, -0.2) is 45.3 Å². The van der Waals surface area contributed by atoms with Gasteiger partial charge in [0.05, 0.1) is 38.4 Å². The first-order chi connectivity index (χ1) is 17.3. The van der Waals surface area contributed by atoms with E-state index in [9.17, 15) is 9.59 Å². The van der Waals surface area contributed by atoms with Gasteiger partial charge in [0.1, 0.15) is 6.61 Å². The molecule has 4 rings (SSSR count). The van der Waals surface area contributed by atoms with Crippen molar-refractivity contribution in [2.24, 2.45) is 0 Å². The third-order valence-electron chi connectivity index (χ3n) is 6.52. The van der Waals surface area contributed by atoms with Crippen molar-refractivity contribution >= 4 is 23.1 Å². The maximum Gasteiger partial charge on any atom is 0.336 e. The molecule has 2 heterocycles. The Morgan fingerprint density at radius 3 is 2.56 bits per heavy atom. The molecule has 0 saturated heterocycles. The van der Waals surface area contributed by atoms with Crippen LogP contribution in [-0.2, 0) is 19.1 Å². The van der Waals surface area contributed by atoms with Gasteiger partial charge in [0.2, 0.25) is 0 Å². The number of allylic oxidation sites excluding steroid dienone is 3. The lowest BCUT2D eigenvalue weighted by Gasteiger charge is -2.36. The van der Waals surface area contributed by atoms with Crippen LogP contribution in [0.1, 0.15) is 55.9 Å². The van der Waals surface area contributed by atoms with E-state index in [0.29, 0.717) is 47.8 Å². The molecule has 2 aliphatic rings. The van der Waals surface area contributed by atoms with Crippen molar-refractivity contribution in [3.05, 3.63) is 68.7 Å². The molecule has 2 aromatic rings. The number of methoxy groups -OCH3 is 2. The molecule has 1 aromatic carbocycles. The molecule has 0 fully saturated rings. The van der Waals surface area contributed by atoms with Gasteiger partial charge in [0, 0.05) is 28.3 Å². The Kier molecular flexibility index (Phi) is 8.16. The molecule has 1 aliphatic carbocycles. The highest BCUT2D eigenvalue weighted by molar-refractivity contribution is 7.10. The molecule has 1 aromatic heterocycles. The Morgan fingerprint density at radius 1 is 1.11 bits per heavy atom. The highest BCUT2D eigenvalue weighted by Gasteiger charge is 2.42. The first-order valence-electron chi connectivity index (χ1n) is 12.1. The van der Waals surface area contributed by atoms with Gasteiger partial charge in [-0.1, -0.05) is 12.1 Å². The number of ether oxygens (including phenoxy) is 4. The van der Waals surface area contributed by atoms with Gasteiger partial charge in [0.15, 0.2) is 17.3 Å². The fraction of sp³-hybridized carbons (Fsp3) is 0.429. The fourth-order valence-corrected chi connectivity index (χ4v) is 5.73. The van der Waals surface area contributed by atoms with Crippen LogP contribution in [0.2, 0.25) is 0 Å². The Morgan fingerprint density at radius 2 is 1.89 bits per heavy atom. The second kappa shape index (κ2) is 11.3. The van der Waals surface area contributed by atoms with Gasteiger partial charge in [-0.25, -0.2) is 4.79 Å². The summed E-state index contributed by atoms with van der Waals surface area (Å²) in [6.45, 7) is 6.23. The zero-order chi connectivity index (χ0) is 25.8. The average molecular weight is 512 g/mol. The van der Waals surface area contributed by atoms with Crippen molar-refractivity contribution in [1.29, 1.82) is 0 Å². The van der Waals surface area contributed by atoms with Crippen LogP contribution in [0.4, 0.5) is 0 Å². The van der Waals surface area contributed by atoms with Gasteiger partial charge < -0.3 is 24.3 Å². The third-order valence-corrected chi connectivity index (χ3v) is 7.46. The number of dihydropyridines is 1. The van der Waals surface area contributed by atoms with Crippen molar-refractivity contribution in [1.82, 2.24) is 5.32 Å². The smallest absolute Gasteiger partial charge is 0.336 e. The predicted molar refractivity (Wildman–Crippen MR) is 138 cm³/mol. The maximum atomic E-state index is 13.7. The van der Waals surface area contributed by atoms with Crippen molar-refractivity contribution in [3.63, 3.8) is 0 Å². The van der Waals surface area contributed by atoms with Crippen LogP contribution >= 0.6 is 11.3 Å². The third kappa shape index (κ3) is 5.34. The number of carbonyl (C=O) groups is 2. The standard InChI is InChI=1S/C28H33NO6S/c1-16(2)34-10-11-35-28(31)25-17(3)29-20-13-19(18-8-9-22(32-4)23(15-18)33-5)14-21(30)26(20)27(25)24-7-6-12-36-24/h6-9,12,15-16,19,27,29H,10-11,13-14H2,1-5H3/t19-,27+/m0/s1. The minimum absolute atomic E-state index is 0.0120. The predicted octanol–water partition coefficient (Wildman–Crippen LogP) is 5.10. The highest BCUT2D eigenvalue weighted by atomic mass is 32.1. The molecule has 7 nitrogen and oxygen atoms in total. The molecule has 1 N–H and O–H groups in total. The molecule has 2 atom stereocenters. The van der Waals surface area contributed by atoms with E-state index >= 15 is 0 Å². The van der Waals surface area contributed by atoms with Gasteiger partial charge in [0.25, 0.3) is 0 Å². The summed E-state index contributed by atoms with van der Waals surface area (Å²) in [6.07, 6.45) is 1.06. The minimum atomic E-state index is -0.446. The Bertz CT molecular complexity index is 1180. The largest absolute Gasteiger partial charge is 0.493 e. The van der Waals surface area contributed by atoms with E-state index in [1.165, 1.54) is 11.3 Å². The summed E-state index contributed by atoms with van der Waals surface area (Å²) in [5.74, 6) is 0.436. The van der Waals surface area contributed by atoms with Crippen molar-refractivity contribution in [2.75, 3.05) is 27.4 Å². The number of ketones is 1. The van der Waals surface area contributed by atoms with E-state index in [-0.39, 0.29) is 24.4 Å². The van der Waals surface area contributed by atoms with Gasteiger partial charge in [-0.15, -0.1) is 11.3 Å². The summed E-state index contributed by atoms with van der Waals surface area (Å²) in [4.78, 5) is 27.8. The normalized spacial score (nSPS) is 19.8. The number of thiophene rings is 1. The van der Waals surface area contributed by atoms with Crippen LogP contribution < -0.4 is 14.8 Å². The van der Waals surface area contributed by atoms with Gasteiger partial charge in [-0.2, -0.15) is 0 Å². The summed E-state index contributed by atoms with van der Waals surface area (Å²) in [5.41, 5.74) is 3.73. The number of carbonyl (C=O) groups excluding carboxylic acids is 2. The molecule has 0 saturated carbocycles. The van der Waals surface area contributed by atoms with E-state index < -0.39 is 11.9 Å². The molecule has 0 unspecified atom stereocenters. The van der Waals surface area contributed by atoms with E-state index in [1.807, 2.05) is 56.5 Å². The molecule has 1 aliphatic heterocycles. The van der Waals surface area contributed by atoms with Gasteiger partial charge >= 0.3 is 5.97 Å². The molecule has 0 radical (unpaired) electrons. The topological polar surface area (TPSA) is 83.1 Å². The average Bonchev–Trinajstić information content (AvgIpc) is 3.39. The summed E-state index contributed by atoms with van der Waals surface area (Å²) in [5, 5.41) is 5.35. The first-order valence-corrected chi connectivity index (χ1v) is 13.0. The zero-order valence-corrected chi connectivity index (χ0v) is 22.2. The fourth-order valence-electron chi connectivity index (χ4n) is 4.89. The number of hydrogen-bond acceptors (Lipinski definition) is 8. The summed E-state index contributed by atoms with van der Waals surface area (Å²) >= 11 is 1.54. The summed E-state index contributed by atoms with van der Waals surface area (Å²) in [7, 11) is 3.21. The lowest BCUT2D eigenvalue weighted by atomic mass is 9.73. The summed E-state index contributed by atoms with van der Waals surface area (Å²) < 4.78 is 21.9. The minimum Gasteiger partial charge on any atom is -0.493 e. The number of hydrogen-bond donors (Lipinski definition) is 1. The highest BCUT2D eigenvalue weighted by Crippen LogP contribution is 2.47. The molecule has 192 valence electrons. The summed E-state index contributed by atoms with van der Waals surface area (Å²) in [6, 6.07) is 9.70. The Hall–Kier alpha value is -3.10. The van der Waals surface area contributed by atoms with Crippen LogP contribution in [0.15, 0.2) is 58.3 Å². The first kappa shape index (κ1) is 26.0.